The molecule has 0 saturated carbocycles. The Hall–Kier alpha value is -2.37. The average molecular weight is 205 g/mol. The van der Waals surface area contributed by atoms with Crippen molar-refractivity contribution < 1.29 is 10.1 Å². The van der Waals surface area contributed by atoms with Crippen molar-refractivity contribution in [2.45, 2.75) is 0 Å². The van der Waals surface area contributed by atoms with E-state index in [-0.39, 0.29) is 5.69 Å². The smallest absolute Gasteiger partial charge is 0.270 e. The summed E-state index contributed by atoms with van der Waals surface area (Å²) in [6.07, 6.45) is 2.84. The zero-order valence-corrected chi connectivity index (χ0v) is 7.54. The van der Waals surface area contributed by atoms with E-state index >= 15 is 0 Å². The third-order valence-electron chi connectivity index (χ3n) is 2.10. The molecule has 2 N–H and O–H groups in total. The first-order valence-electron chi connectivity index (χ1n) is 4.15. The van der Waals surface area contributed by atoms with Gasteiger partial charge in [0.15, 0.2) is 0 Å². The highest BCUT2D eigenvalue weighted by molar-refractivity contribution is 5.99. The minimum atomic E-state index is -0.466. The number of hydrogen-bond donors (Lipinski definition) is 2. The van der Waals surface area contributed by atoms with Gasteiger partial charge in [0.05, 0.1) is 11.1 Å². The Kier molecular flexibility index (Phi) is 2.09. The Morgan fingerprint density at radius 3 is 3.00 bits per heavy atom. The van der Waals surface area contributed by atoms with Crippen LogP contribution < -0.4 is 0 Å². The molecule has 76 valence electrons. The standard InChI is InChI=1S/C9H7N3O3/c13-11-5-6-4-10-9-2-1-7(12(14)15)3-8(6)9/h1-5,10,13H/b11-5+. The van der Waals surface area contributed by atoms with Crippen LogP contribution in [-0.2, 0) is 0 Å². The monoisotopic (exact) mass is 205 g/mol. The van der Waals surface area contributed by atoms with Gasteiger partial charge in [0, 0.05) is 34.8 Å². The largest absolute Gasteiger partial charge is 0.411 e. The number of fused-ring (bicyclic) bond motifs is 1. The van der Waals surface area contributed by atoms with Crippen LogP contribution in [0.4, 0.5) is 5.69 Å². The Balaban J connectivity index is 2.66. The number of benzene rings is 1. The summed E-state index contributed by atoms with van der Waals surface area (Å²) in [6.45, 7) is 0. The van der Waals surface area contributed by atoms with Gasteiger partial charge in [-0.2, -0.15) is 0 Å². The maximum absolute atomic E-state index is 10.5. The van der Waals surface area contributed by atoms with Crippen molar-refractivity contribution in [2.24, 2.45) is 5.16 Å². The molecule has 0 aliphatic heterocycles. The van der Waals surface area contributed by atoms with E-state index in [1.807, 2.05) is 0 Å². The summed E-state index contributed by atoms with van der Waals surface area (Å²) < 4.78 is 0. The van der Waals surface area contributed by atoms with Crippen molar-refractivity contribution in [3.8, 4) is 0 Å². The molecule has 0 bridgehead atoms. The molecule has 0 saturated heterocycles. The highest BCUT2D eigenvalue weighted by atomic mass is 16.6. The first kappa shape index (κ1) is 9.20. The molecule has 0 atom stereocenters. The van der Waals surface area contributed by atoms with Gasteiger partial charge < -0.3 is 10.2 Å². The summed E-state index contributed by atoms with van der Waals surface area (Å²) in [7, 11) is 0. The molecule has 0 unspecified atom stereocenters. The molecule has 15 heavy (non-hydrogen) atoms. The number of nitrogens with one attached hydrogen (secondary N) is 1. The van der Waals surface area contributed by atoms with Crippen LogP contribution in [0, 0.1) is 10.1 Å². The molecule has 2 aromatic rings. The third kappa shape index (κ3) is 1.52. The fraction of sp³-hybridized carbons (Fsp3) is 0. The minimum absolute atomic E-state index is 0.00897. The maximum Gasteiger partial charge on any atom is 0.270 e. The number of nitro groups is 1. The number of nitrogens with zero attached hydrogens (tertiary/aromatic N) is 2. The highest BCUT2D eigenvalue weighted by Gasteiger charge is 2.09. The van der Waals surface area contributed by atoms with Crippen molar-refractivity contribution >= 4 is 22.8 Å². The SMILES string of the molecule is O=[N+]([O-])c1ccc2[nH]cc(/C=N/O)c2c1. The van der Waals surface area contributed by atoms with Gasteiger partial charge in [0.25, 0.3) is 5.69 Å². The van der Waals surface area contributed by atoms with Gasteiger partial charge in [0.1, 0.15) is 0 Å². The molecule has 6 heteroatoms. The third-order valence-corrected chi connectivity index (χ3v) is 2.10. The zero-order chi connectivity index (χ0) is 10.8. The van der Waals surface area contributed by atoms with Gasteiger partial charge in [-0.25, -0.2) is 0 Å². The van der Waals surface area contributed by atoms with Crippen LogP contribution in [0.15, 0.2) is 29.6 Å². The second kappa shape index (κ2) is 3.41. The molecule has 0 spiro atoms. The number of aromatic nitrogens is 1. The van der Waals surface area contributed by atoms with E-state index in [0.29, 0.717) is 10.9 Å². The van der Waals surface area contributed by atoms with Crippen molar-refractivity contribution in [1.29, 1.82) is 0 Å². The van der Waals surface area contributed by atoms with Gasteiger partial charge in [-0.3, -0.25) is 10.1 Å². The predicted molar refractivity (Wildman–Crippen MR) is 54.3 cm³/mol. The summed E-state index contributed by atoms with van der Waals surface area (Å²) in [4.78, 5) is 13.0. The predicted octanol–water partition coefficient (Wildman–Crippen LogP) is 1.88. The minimum Gasteiger partial charge on any atom is -0.411 e. The molecule has 0 fully saturated rings. The van der Waals surface area contributed by atoms with E-state index in [2.05, 4.69) is 10.1 Å². The van der Waals surface area contributed by atoms with E-state index in [1.54, 1.807) is 12.3 Å². The number of nitro benzene ring substituents is 1. The molecule has 0 amide bonds. The summed E-state index contributed by atoms with van der Waals surface area (Å²) in [5.41, 5.74) is 1.38. The molecular formula is C9H7N3O3. The van der Waals surface area contributed by atoms with Gasteiger partial charge in [-0.15, -0.1) is 0 Å². The van der Waals surface area contributed by atoms with Gasteiger partial charge in [-0.1, -0.05) is 5.16 Å². The first-order chi connectivity index (χ1) is 7.22. The lowest BCUT2D eigenvalue weighted by Crippen LogP contribution is -1.87. The lowest BCUT2D eigenvalue weighted by molar-refractivity contribution is -0.384. The Bertz CT molecular complexity index is 545. The molecule has 1 heterocycles. The maximum atomic E-state index is 10.5. The summed E-state index contributed by atoms with van der Waals surface area (Å²) >= 11 is 0. The van der Waals surface area contributed by atoms with Crippen molar-refractivity contribution in [2.75, 3.05) is 0 Å². The Labute approximate surface area is 84.0 Å². The molecule has 0 radical (unpaired) electrons. The lowest BCUT2D eigenvalue weighted by atomic mass is 10.2. The quantitative estimate of drug-likeness (QED) is 0.339. The van der Waals surface area contributed by atoms with E-state index in [4.69, 9.17) is 5.21 Å². The first-order valence-corrected chi connectivity index (χ1v) is 4.15. The van der Waals surface area contributed by atoms with Gasteiger partial charge in [-0.05, 0) is 6.07 Å². The average Bonchev–Trinajstić information content (AvgIpc) is 2.61. The number of oxime groups is 1. The van der Waals surface area contributed by atoms with Crippen LogP contribution >= 0.6 is 0 Å². The lowest BCUT2D eigenvalue weighted by Gasteiger charge is -1.92. The van der Waals surface area contributed by atoms with E-state index in [9.17, 15) is 10.1 Å². The van der Waals surface area contributed by atoms with E-state index in [1.165, 1.54) is 18.3 Å². The molecule has 6 nitrogen and oxygen atoms in total. The molecule has 1 aromatic carbocycles. The summed E-state index contributed by atoms with van der Waals surface area (Å²) in [6, 6.07) is 4.46. The van der Waals surface area contributed by atoms with Gasteiger partial charge >= 0.3 is 0 Å². The number of aromatic amines is 1. The fourth-order valence-electron chi connectivity index (χ4n) is 1.41. The van der Waals surface area contributed by atoms with E-state index in [0.717, 1.165) is 5.52 Å². The fourth-order valence-corrected chi connectivity index (χ4v) is 1.41. The summed E-state index contributed by atoms with van der Waals surface area (Å²) in [5, 5.41) is 22.5. The second-order valence-corrected chi connectivity index (χ2v) is 2.98. The van der Waals surface area contributed by atoms with Gasteiger partial charge in [0.2, 0.25) is 0 Å². The van der Waals surface area contributed by atoms with Crippen LogP contribution in [0.3, 0.4) is 0 Å². The molecular weight excluding hydrogens is 198 g/mol. The Morgan fingerprint density at radius 1 is 1.53 bits per heavy atom. The van der Waals surface area contributed by atoms with Crippen LogP contribution in [0.25, 0.3) is 10.9 Å². The summed E-state index contributed by atoms with van der Waals surface area (Å²) in [5.74, 6) is 0. The van der Waals surface area contributed by atoms with Crippen molar-refractivity contribution in [3.63, 3.8) is 0 Å². The van der Waals surface area contributed by atoms with E-state index < -0.39 is 4.92 Å². The molecule has 2 rings (SSSR count). The number of hydrogen-bond acceptors (Lipinski definition) is 4. The number of H-pyrrole nitrogens is 1. The van der Waals surface area contributed by atoms with Crippen LogP contribution in [0.2, 0.25) is 0 Å². The number of rotatable bonds is 2. The number of non-ortho nitro benzene ring substituents is 1. The Morgan fingerprint density at radius 2 is 2.33 bits per heavy atom. The van der Waals surface area contributed by atoms with Crippen molar-refractivity contribution in [1.82, 2.24) is 4.98 Å². The van der Waals surface area contributed by atoms with Crippen LogP contribution in [0.5, 0.6) is 0 Å². The molecule has 0 aliphatic carbocycles. The second-order valence-electron chi connectivity index (χ2n) is 2.98. The normalized spacial score (nSPS) is 11.2. The molecule has 0 aliphatic rings. The van der Waals surface area contributed by atoms with Crippen LogP contribution in [0.1, 0.15) is 5.56 Å². The highest BCUT2D eigenvalue weighted by Crippen LogP contribution is 2.22. The molecule has 1 aromatic heterocycles. The topological polar surface area (TPSA) is 91.5 Å². The van der Waals surface area contributed by atoms with Crippen molar-refractivity contribution in [3.05, 3.63) is 40.1 Å². The van der Waals surface area contributed by atoms with Crippen LogP contribution in [-0.4, -0.2) is 21.3 Å². The zero-order valence-electron chi connectivity index (χ0n) is 7.54.